The average Bonchev–Trinajstić information content (AvgIpc) is 2.65. The molecule has 1 heterocycles. The molecule has 2 rings (SSSR count). The number of aldehydes is 1. The Kier molecular flexibility index (Phi) is 2.18. The van der Waals surface area contributed by atoms with Crippen LogP contribution in [-0.4, -0.2) is 25.4 Å². The lowest BCUT2D eigenvalue weighted by molar-refractivity contribution is 0.112. The Morgan fingerprint density at radius 3 is 2.93 bits per heavy atom. The van der Waals surface area contributed by atoms with Crippen molar-refractivity contribution in [2.45, 2.75) is 0 Å². The zero-order valence-electron chi connectivity index (χ0n) is 7.56. The van der Waals surface area contributed by atoms with Gasteiger partial charge >= 0.3 is 6.03 Å². The average molecular weight is 190 g/mol. The van der Waals surface area contributed by atoms with Gasteiger partial charge in [-0.15, -0.1) is 0 Å². The second-order valence-corrected chi connectivity index (χ2v) is 3.10. The van der Waals surface area contributed by atoms with Crippen molar-refractivity contribution in [1.82, 2.24) is 5.32 Å². The molecular formula is C10H10N2O2. The van der Waals surface area contributed by atoms with Crippen LogP contribution in [0.15, 0.2) is 24.3 Å². The first-order valence-corrected chi connectivity index (χ1v) is 4.42. The predicted molar refractivity (Wildman–Crippen MR) is 52.6 cm³/mol. The van der Waals surface area contributed by atoms with E-state index in [0.717, 1.165) is 12.0 Å². The van der Waals surface area contributed by atoms with Crippen molar-refractivity contribution in [2.24, 2.45) is 0 Å². The van der Waals surface area contributed by atoms with Crippen LogP contribution >= 0.6 is 0 Å². The van der Waals surface area contributed by atoms with E-state index in [1.54, 1.807) is 23.1 Å². The summed E-state index contributed by atoms with van der Waals surface area (Å²) in [6.07, 6.45) is 0.775. The normalized spacial score (nSPS) is 15.4. The quantitative estimate of drug-likeness (QED) is 0.708. The summed E-state index contributed by atoms with van der Waals surface area (Å²) in [5.74, 6) is 0. The van der Waals surface area contributed by atoms with E-state index in [0.29, 0.717) is 18.7 Å². The van der Waals surface area contributed by atoms with Crippen LogP contribution in [0.25, 0.3) is 0 Å². The Balaban J connectivity index is 2.31. The number of hydrogen-bond acceptors (Lipinski definition) is 2. The lowest BCUT2D eigenvalue weighted by Gasteiger charge is -2.13. The number of amides is 2. The Hall–Kier alpha value is -1.84. The van der Waals surface area contributed by atoms with Crippen molar-refractivity contribution in [3.05, 3.63) is 29.8 Å². The highest BCUT2D eigenvalue weighted by Crippen LogP contribution is 2.16. The van der Waals surface area contributed by atoms with Gasteiger partial charge < -0.3 is 5.32 Å². The summed E-state index contributed by atoms with van der Waals surface area (Å²) >= 11 is 0. The minimum absolute atomic E-state index is 0.104. The van der Waals surface area contributed by atoms with Gasteiger partial charge in [0.25, 0.3) is 0 Å². The molecule has 0 spiro atoms. The number of hydrogen-bond donors (Lipinski definition) is 1. The van der Waals surface area contributed by atoms with Gasteiger partial charge in [-0.2, -0.15) is 0 Å². The molecule has 14 heavy (non-hydrogen) atoms. The van der Waals surface area contributed by atoms with Gasteiger partial charge in [0.15, 0.2) is 0 Å². The highest BCUT2D eigenvalue weighted by molar-refractivity contribution is 5.94. The largest absolute Gasteiger partial charge is 0.336 e. The molecule has 1 aliphatic heterocycles. The maximum atomic E-state index is 11.3. The van der Waals surface area contributed by atoms with Crippen LogP contribution < -0.4 is 10.2 Å². The standard InChI is InChI=1S/C10H10N2O2/c13-7-8-2-1-3-9(6-8)12-5-4-11-10(12)14/h1-3,6-7H,4-5H2,(H,11,14). The van der Waals surface area contributed by atoms with Crippen molar-refractivity contribution >= 4 is 18.0 Å². The SMILES string of the molecule is O=Cc1cccc(N2CCNC2=O)c1. The Bertz CT molecular complexity index is 376. The summed E-state index contributed by atoms with van der Waals surface area (Å²) in [7, 11) is 0. The monoisotopic (exact) mass is 190 g/mol. The fraction of sp³-hybridized carbons (Fsp3) is 0.200. The first-order valence-electron chi connectivity index (χ1n) is 4.42. The summed E-state index contributed by atoms with van der Waals surface area (Å²) < 4.78 is 0. The molecule has 1 aromatic carbocycles. The van der Waals surface area contributed by atoms with E-state index in [4.69, 9.17) is 0 Å². The van der Waals surface area contributed by atoms with E-state index in [-0.39, 0.29) is 6.03 Å². The number of nitrogens with one attached hydrogen (secondary N) is 1. The van der Waals surface area contributed by atoms with Gasteiger partial charge in [0, 0.05) is 24.3 Å². The fourth-order valence-electron chi connectivity index (χ4n) is 1.48. The molecule has 0 bridgehead atoms. The predicted octanol–water partition coefficient (Wildman–Crippen LogP) is 1.03. The van der Waals surface area contributed by atoms with Crippen LogP contribution in [0.1, 0.15) is 10.4 Å². The first-order chi connectivity index (χ1) is 6.81. The molecule has 4 nitrogen and oxygen atoms in total. The van der Waals surface area contributed by atoms with Crippen molar-refractivity contribution in [3.8, 4) is 0 Å². The maximum absolute atomic E-state index is 11.3. The number of benzene rings is 1. The van der Waals surface area contributed by atoms with Crippen LogP contribution in [0.3, 0.4) is 0 Å². The Morgan fingerprint density at radius 2 is 2.29 bits per heavy atom. The lowest BCUT2D eigenvalue weighted by Crippen LogP contribution is -2.27. The summed E-state index contributed by atoms with van der Waals surface area (Å²) in [5.41, 5.74) is 1.35. The molecule has 0 aliphatic carbocycles. The molecule has 1 N–H and O–H groups in total. The topological polar surface area (TPSA) is 49.4 Å². The summed E-state index contributed by atoms with van der Waals surface area (Å²) in [4.78, 5) is 23.5. The molecule has 1 aliphatic rings. The third kappa shape index (κ3) is 1.46. The zero-order valence-corrected chi connectivity index (χ0v) is 7.56. The van der Waals surface area contributed by atoms with Gasteiger partial charge in [-0.1, -0.05) is 12.1 Å². The molecule has 2 amide bonds. The van der Waals surface area contributed by atoms with Crippen molar-refractivity contribution in [3.63, 3.8) is 0 Å². The molecular weight excluding hydrogens is 180 g/mol. The number of nitrogens with zero attached hydrogens (tertiary/aromatic N) is 1. The molecule has 1 saturated heterocycles. The molecule has 72 valence electrons. The van der Waals surface area contributed by atoms with E-state index in [1.165, 1.54) is 0 Å². The minimum atomic E-state index is -0.104. The minimum Gasteiger partial charge on any atom is -0.336 e. The third-order valence-corrected chi connectivity index (χ3v) is 2.17. The number of carbonyl (C=O) groups excluding carboxylic acids is 2. The van der Waals surface area contributed by atoms with E-state index >= 15 is 0 Å². The maximum Gasteiger partial charge on any atom is 0.321 e. The second-order valence-electron chi connectivity index (χ2n) is 3.10. The summed E-state index contributed by atoms with van der Waals surface area (Å²) in [6.45, 7) is 1.31. The Labute approximate surface area is 81.5 Å². The number of carbonyl (C=O) groups is 2. The molecule has 0 aromatic heterocycles. The van der Waals surface area contributed by atoms with Crippen molar-refractivity contribution < 1.29 is 9.59 Å². The number of rotatable bonds is 2. The van der Waals surface area contributed by atoms with E-state index in [2.05, 4.69) is 5.32 Å². The first kappa shape index (κ1) is 8.74. The van der Waals surface area contributed by atoms with Crippen molar-refractivity contribution in [2.75, 3.05) is 18.0 Å². The van der Waals surface area contributed by atoms with Crippen LogP contribution in [0.5, 0.6) is 0 Å². The fourth-order valence-corrected chi connectivity index (χ4v) is 1.48. The van der Waals surface area contributed by atoms with Gasteiger partial charge in [0.1, 0.15) is 6.29 Å². The lowest BCUT2D eigenvalue weighted by atomic mass is 10.2. The van der Waals surface area contributed by atoms with Crippen LogP contribution in [-0.2, 0) is 0 Å². The van der Waals surface area contributed by atoms with Gasteiger partial charge in [-0.3, -0.25) is 9.69 Å². The van der Waals surface area contributed by atoms with Gasteiger partial charge in [-0.05, 0) is 12.1 Å². The van der Waals surface area contributed by atoms with E-state index in [1.807, 2.05) is 6.07 Å². The third-order valence-electron chi connectivity index (χ3n) is 2.17. The van der Waals surface area contributed by atoms with Crippen LogP contribution in [0.2, 0.25) is 0 Å². The molecule has 1 fully saturated rings. The van der Waals surface area contributed by atoms with Crippen molar-refractivity contribution in [1.29, 1.82) is 0 Å². The molecule has 0 radical (unpaired) electrons. The molecule has 0 saturated carbocycles. The van der Waals surface area contributed by atoms with Crippen LogP contribution in [0, 0.1) is 0 Å². The zero-order chi connectivity index (χ0) is 9.97. The molecule has 0 unspecified atom stereocenters. The molecule has 1 aromatic rings. The van der Waals surface area contributed by atoms with E-state index < -0.39 is 0 Å². The van der Waals surface area contributed by atoms with Gasteiger partial charge in [-0.25, -0.2) is 4.79 Å². The smallest absolute Gasteiger partial charge is 0.321 e. The summed E-state index contributed by atoms with van der Waals surface area (Å²) in [6, 6.07) is 6.90. The summed E-state index contributed by atoms with van der Waals surface area (Å²) in [5, 5.41) is 2.70. The van der Waals surface area contributed by atoms with Gasteiger partial charge in [0.2, 0.25) is 0 Å². The van der Waals surface area contributed by atoms with E-state index in [9.17, 15) is 9.59 Å². The number of anilines is 1. The second kappa shape index (κ2) is 3.49. The van der Waals surface area contributed by atoms with Crippen LogP contribution in [0.4, 0.5) is 10.5 Å². The highest BCUT2D eigenvalue weighted by atomic mass is 16.2. The Morgan fingerprint density at radius 1 is 1.43 bits per heavy atom. The molecule has 0 atom stereocenters. The number of urea groups is 1. The van der Waals surface area contributed by atoms with Gasteiger partial charge in [0.05, 0.1) is 0 Å². The highest BCUT2D eigenvalue weighted by Gasteiger charge is 2.20. The molecule has 4 heteroatoms.